The van der Waals surface area contributed by atoms with Crippen LogP contribution in [0.15, 0.2) is 30.7 Å². The van der Waals surface area contributed by atoms with Crippen molar-refractivity contribution in [1.29, 1.82) is 0 Å². The van der Waals surface area contributed by atoms with E-state index in [1.54, 1.807) is 18.5 Å². The van der Waals surface area contributed by atoms with Crippen LogP contribution in [0.25, 0.3) is 11.6 Å². The molecular weight excluding hydrogens is 340 g/mol. The Morgan fingerprint density at radius 1 is 1.04 bits per heavy atom. The summed E-state index contributed by atoms with van der Waals surface area (Å²) in [6.07, 6.45) is 6.09. The molecule has 0 saturated carbocycles. The van der Waals surface area contributed by atoms with Crippen LogP contribution >= 0.6 is 0 Å². The van der Waals surface area contributed by atoms with E-state index in [0.29, 0.717) is 11.6 Å². The van der Waals surface area contributed by atoms with Gasteiger partial charge in [0.05, 0.1) is 11.7 Å². The lowest BCUT2D eigenvalue weighted by molar-refractivity contribution is 0.593. The summed E-state index contributed by atoms with van der Waals surface area (Å²) in [5.41, 5.74) is 3.09. The summed E-state index contributed by atoms with van der Waals surface area (Å²) >= 11 is 0. The van der Waals surface area contributed by atoms with Crippen LogP contribution < -0.4 is 9.80 Å². The van der Waals surface area contributed by atoms with E-state index in [1.165, 1.54) is 0 Å². The molecule has 0 bridgehead atoms. The Labute approximate surface area is 158 Å². The van der Waals surface area contributed by atoms with Gasteiger partial charge in [-0.15, -0.1) is 0 Å². The summed E-state index contributed by atoms with van der Waals surface area (Å²) in [5, 5.41) is 0. The monoisotopic (exact) mass is 362 g/mol. The molecule has 0 N–H and O–H groups in total. The highest BCUT2D eigenvalue weighted by molar-refractivity contribution is 5.49. The van der Waals surface area contributed by atoms with Crippen LogP contribution in [0.5, 0.6) is 0 Å². The number of aromatic nitrogens is 6. The van der Waals surface area contributed by atoms with Crippen molar-refractivity contribution in [3.05, 3.63) is 47.7 Å². The Bertz CT molecular complexity index is 957. The first-order chi connectivity index (χ1) is 13.0. The molecule has 0 spiro atoms. The Kier molecular flexibility index (Phi) is 4.39. The zero-order valence-electron chi connectivity index (χ0n) is 16.0. The van der Waals surface area contributed by atoms with Crippen LogP contribution in [0.3, 0.4) is 0 Å². The average molecular weight is 362 g/mol. The average Bonchev–Trinajstić information content (AvgIpc) is 2.68. The molecule has 3 aromatic rings. The van der Waals surface area contributed by atoms with Crippen molar-refractivity contribution >= 4 is 11.8 Å². The predicted octanol–water partition coefficient (Wildman–Crippen LogP) is 2.22. The lowest BCUT2D eigenvalue weighted by Crippen LogP contribution is -2.36. The van der Waals surface area contributed by atoms with Crippen molar-refractivity contribution in [2.45, 2.75) is 26.3 Å². The number of nitrogens with zero attached hydrogens (tertiary/aromatic N) is 8. The predicted molar refractivity (Wildman–Crippen MR) is 104 cm³/mol. The van der Waals surface area contributed by atoms with E-state index in [4.69, 9.17) is 9.97 Å². The molecule has 1 aliphatic heterocycles. The molecule has 0 fully saturated rings. The van der Waals surface area contributed by atoms with Gasteiger partial charge in [-0.1, -0.05) is 0 Å². The zero-order chi connectivity index (χ0) is 19.0. The van der Waals surface area contributed by atoms with Crippen LogP contribution in [0.2, 0.25) is 0 Å². The van der Waals surface area contributed by atoms with Crippen LogP contribution in [0, 0.1) is 6.92 Å². The van der Waals surface area contributed by atoms with Gasteiger partial charge in [0.1, 0.15) is 5.82 Å². The normalized spacial score (nSPS) is 16.1. The van der Waals surface area contributed by atoms with Gasteiger partial charge >= 0.3 is 0 Å². The van der Waals surface area contributed by atoms with Crippen molar-refractivity contribution < 1.29 is 0 Å². The maximum atomic E-state index is 4.73. The Hall–Kier alpha value is -3.16. The maximum absolute atomic E-state index is 4.73. The van der Waals surface area contributed by atoms with Gasteiger partial charge < -0.3 is 9.80 Å². The molecule has 4 rings (SSSR count). The quantitative estimate of drug-likeness (QED) is 0.701. The number of hydrogen-bond acceptors (Lipinski definition) is 8. The van der Waals surface area contributed by atoms with E-state index >= 15 is 0 Å². The smallest absolute Gasteiger partial charge is 0.228 e. The van der Waals surface area contributed by atoms with Gasteiger partial charge in [0, 0.05) is 63.0 Å². The largest absolute Gasteiger partial charge is 0.363 e. The molecule has 3 aromatic heterocycles. The lowest BCUT2D eigenvalue weighted by Gasteiger charge is -2.35. The topological polar surface area (TPSA) is 83.8 Å². The summed E-state index contributed by atoms with van der Waals surface area (Å²) in [7, 11) is 3.98. The third-order valence-corrected chi connectivity index (χ3v) is 4.72. The van der Waals surface area contributed by atoms with Crippen molar-refractivity contribution in [3.63, 3.8) is 0 Å². The third kappa shape index (κ3) is 3.30. The fourth-order valence-electron chi connectivity index (χ4n) is 3.25. The van der Waals surface area contributed by atoms with E-state index in [2.05, 4.69) is 31.8 Å². The minimum Gasteiger partial charge on any atom is -0.363 e. The second-order valence-corrected chi connectivity index (χ2v) is 6.85. The molecule has 1 aliphatic rings. The number of aryl methyl sites for hydroxylation is 1. The number of hydrogen-bond donors (Lipinski definition) is 0. The van der Waals surface area contributed by atoms with Crippen LogP contribution in [-0.4, -0.2) is 50.5 Å². The Balaban J connectivity index is 1.67. The van der Waals surface area contributed by atoms with Gasteiger partial charge in [-0.3, -0.25) is 0 Å². The van der Waals surface area contributed by atoms with E-state index in [-0.39, 0.29) is 6.04 Å². The number of rotatable bonds is 3. The summed E-state index contributed by atoms with van der Waals surface area (Å²) < 4.78 is 0. The van der Waals surface area contributed by atoms with Gasteiger partial charge in [0.2, 0.25) is 5.95 Å². The second-order valence-electron chi connectivity index (χ2n) is 6.85. The molecular formula is C19H22N8. The van der Waals surface area contributed by atoms with Gasteiger partial charge in [-0.25, -0.2) is 24.9 Å². The van der Waals surface area contributed by atoms with Crippen molar-refractivity contribution in [2.75, 3.05) is 30.4 Å². The minimum atomic E-state index is 0.0938. The van der Waals surface area contributed by atoms with Crippen molar-refractivity contribution in [1.82, 2.24) is 29.9 Å². The van der Waals surface area contributed by atoms with Gasteiger partial charge in [-0.2, -0.15) is 4.98 Å². The Morgan fingerprint density at radius 2 is 1.81 bits per heavy atom. The standard InChI is InChI=1S/C19H22N8/c1-12-10-16(26(3)4)25-19(23-12)27-9-6-15-14(13(27)2)11-22-18(24-15)17-20-7-5-8-21-17/h5,7-8,10-11,13H,6,9H2,1-4H3/t13-/m1/s1. The summed E-state index contributed by atoms with van der Waals surface area (Å²) in [4.78, 5) is 31.3. The molecule has 0 aromatic carbocycles. The first-order valence-electron chi connectivity index (χ1n) is 8.96. The highest BCUT2D eigenvalue weighted by Crippen LogP contribution is 2.32. The molecule has 0 saturated heterocycles. The fraction of sp³-hybridized carbons (Fsp3) is 0.368. The SMILES string of the molecule is Cc1cc(N(C)C)nc(N2CCc3nc(-c4ncccn4)ncc3[C@H]2C)n1. The molecule has 27 heavy (non-hydrogen) atoms. The van der Waals surface area contributed by atoms with Crippen LogP contribution in [-0.2, 0) is 6.42 Å². The molecule has 0 radical (unpaired) electrons. The molecule has 0 aliphatic carbocycles. The molecule has 138 valence electrons. The number of anilines is 2. The third-order valence-electron chi connectivity index (χ3n) is 4.72. The fourth-order valence-corrected chi connectivity index (χ4v) is 3.25. The summed E-state index contributed by atoms with van der Waals surface area (Å²) in [5.74, 6) is 2.76. The van der Waals surface area contributed by atoms with Crippen molar-refractivity contribution in [3.8, 4) is 11.6 Å². The second kappa shape index (κ2) is 6.86. The minimum absolute atomic E-state index is 0.0938. The van der Waals surface area contributed by atoms with Crippen molar-refractivity contribution in [2.24, 2.45) is 0 Å². The molecule has 4 heterocycles. The van der Waals surface area contributed by atoms with Crippen LogP contribution in [0.1, 0.15) is 29.9 Å². The number of fused-ring (bicyclic) bond motifs is 1. The lowest BCUT2D eigenvalue weighted by atomic mass is 10.00. The summed E-state index contributed by atoms with van der Waals surface area (Å²) in [6, 6.07) is 3.86. The van der Waals surface area contributed by atoms with Gasteiger partial charge in [0.25, 0.3) is 0 Å². The van der Waals surface area contributed by atoms with E-state index in [9.17, 15) is 0 Å². The zero-order valence-corrected chi connectivity index (χ0v) is 16.0. The molecule has 0 unspecified atom stereocenters. The van der Waals surface area contributed by atoms with Gasteiger partial charge in [-0.05, 0) is 19.9 Å². The first-order valence-corrected chi connectivity index (χ1v) is 8.96. The molecule has 8 nitrogen and oxygen atoms in total. The Morgan fingerprint density at radius 3 is 2.56 bits per heavy atom. The van der Waals surface area contributed by atoms with E-state index < -0.39 is 0 Å². The maximum Gasteiger partial charge on any atom is 0.228 e. The summed E-state index contributed by atoms with van der Waals surface area (Å²) in [6.45, 7) is 4.94. The molecule has 8 heteroatoms. The first kappa shape index (κ1) is 17.3. The highest BCUT2D eigenvalue weighted by Gasteiger charge is 2.28. The van der Waals surface area contributed by atoms with Gasteiger partial charge in [0.15, 0.2) is 11.6 Å². The molecule has 0 amide bonds. The highest BCUT2D eigenvalue weighted by atomic mass is 15.3. The van der Waals surface area contributed by atoms with Crippen LogP contribution in [0.4, 0.5) is 11.8 Å². The van der Waals surface area contributed by atoms with E-state index in [1.807, 2.05) is 38.2 Å². The van der Waals surface area contributed by atoms with E-state index in [0.717, 1.165) is 41.7 Å². The molecule has 1 atom stereocenters.